The van der Waals surface area contributed by atoms with Crippen molar-refractivity contribution in [1.82, 2.24) is 0 Å². The fourth-order valence-electron chi connectivity index (χ4n) is 1.69. The van der Waals surface area contributed by atoms with Crippen LogP contribution in [-0.4, -0.2) is 13.7 Å². The normalized spacial score (nSPS) is 11.8. The smallest absolute Gasteiger partial charge is 0.134 e. The molecule has 104 valence electrons. The van der Waals surface area contributed by atoms with Crippen molar-refractivity contribution in [3.63, 3.8) is 0 Å². The van der Waals surface area contributed by atoms with Crippen molar-refractivity contribution in [3.8, 4) is 5.75 Å². The van der Waals surface area contributed by atoms with E-state index in [0.29, 0.717) is 13.0 Å². The number of methoxy groups -OCH3 is 1. The van der Waals surface area contributed by atoms with Gasteiger partial charge in [0.25, 0.3) is 0 Å². The first kappa shape index (κ1) is 17.1. The third-order valence-electron chi connectivity index (χ3n) is 2.63. The lowest BCUT2D eigenvalue weighted by Crippen LogP contribution is -2.15. The maximum atomic E-state index is 13.6. The number of hydrogen-bond donors (Lipinski definition) is 2. The Balaban J connectivity index is 0.00000289. The van der Waals surface area contributed by atoms with Crippen LogP contribution in [0.2, 0.25) is 0 Å². The van der Waals surface area contributed by atoms with Gasteiger partial charge in [-0.2, -0.15) is 0 Å². The molecule has 1 rings (SSSR count). The van der Waals surface area contributed by atoms with Gasteiger partial charge in [-0.1, -0.05) is 6.42 Å². The van der Waals surface area contributed by atoms with E-state index in [9.17, 15) is 8.78 Å². The predicted octanol–water partition coefficient (Wildman–Crippen LogP) is 2.52. The predicted molar refractivity (Wildman–Crippen MR) is 70.0 cm³/mol. The van der Waals surface area contributed by atoms with Crippen molar-refractivity contribution in [2.75, 3.05) is 13.7 Å². The molecule has 6 heteroatoms. The lowest BCUT2D eigenvalue weighted by Gasteiger charge is -2.14. The number of halogens is 3. The maximum Gasteiger partial charge on any atom is 0.134 e. The number of hydrogen-bond acceptors (Lipinski definition) is 3. The van der Waals surface area contributed by atoms with Crippen LogP contribution in [0, 0.1) is 11.6 Å². The van der Waals surface area contributed by atoms with Gasteiger partial charge in [-0.15, -0.1) is 12.4 Å². The van der Waals surface area contributed by atoms with E-state index in [1.165, 1.54) is 7.11 Å². The van der Waals surface area contributed by atoms with Crippen molar-refractivity contribution in [3.05, 3.63) is 29.3 Å². The first-order valence-electron chi connectivity index (χ1n) is 5.58. The molecular weight excluding hydrogens is 262 g/mol. The van der Waals surface area contributed by atoms with Crippen LogP contribution < -0.4 is 16.2 Å². The van der Waals surface area contributed by atoms with Crippen molar-refractivity contribution in [2.45, 2.75) is 25.3 Å². The van der Waals surface area contributed by atoms with Crippen molar-refractivity contribution in [2.24, 2.45) is 11.5 Å². The zero-order valence-corrected chi connectivity index (χ0v) is 11.1. The highest BCUT2D eigenvalue weighted by atomic mass is 35.5. The molecule has 0 saturated heterocycles. The zero-order chi connectivity index (χ0) is 12.8. The number of ether oxygens (including phenoxy) is 1. The summed E-state index contributed by atoms with van der Waals surface area (Å²) in [4.78, 5) is 0. The minimum absolute atomic E-state index is 0. The quantitative estimate of drug-likeness (QED) is 0.787. The second-order valence-corrected chi connectivity index (χ2v) is 3.90. The molecule has 0 amide bonds. The van der Waals surface area contributed by atoms with Crippen LogP contribution in [0.25, 0.3) is 0 Å². The Kier molecular flexibility index (Phi) is 7.82. The molecule has 0 radical (unpaired) electrons. The monoisotopic (exact) mass is 280 g/mol. The highest BCUT2D eigenvalue weighted by Crippen LogP contribution is 2.26. The third kappa shape index (κ3) is 4.40. The molecule has 1 aromatic rings. The minimum Gasteiger partial charge on any atom is -0.497 e. The molecule has 18 heavy (non-hydrogen) atoms. The Bertz CT molecular complexity index is 354. The van der Waals surface area contributed by atoms with Gasteiger partial charge in [0.1, 0.15) is 17.4 Å². The first-order chi connectivity index (χ1) is 8.10. The van der Waals surface area contributed by atoms with Gasteiger partial charge in [-0.3, -0.25) is 0 Å². The Morgan fingerprint density at radius 3 is 2.22 bits per heavy atom. The van der Waals surface area contributed by atoms with Crippen LogP contribution in [0.5, 0.6) is 5.75 Å². The van der Waals surface area contributed by atoms with Crippen molar-refractivity contribution >= 4 is 12.4 Å². The molecule has 0 heterocycles. The average Bonchev–Trinajstić information content (AvgIpc) is 2.28. The summed E-state index contributed by atoms with van der Waals surface area (Å²) in [6.45, 7) is 0.556. The van der Waals surface area contributed by atoms with E-state index in [4.69, 9.17) is 16.2 Å². The summed E-state index contributed by atoms with van der Waals surface area (Å²) in [6.07, 6.45) is 2.06. The van der Waals surface area contributed by atoms with Crippen LogP contribution in [0.3, 0.4) is 0 Å². The van der Waals surface area contributed by atoms with E-state index in [1.54, 1.807) is 0 Å². The second kappa shape index (κ2) is 8.24. The lowest BCUT2D eigenvalue weighted by molar-refractivity contribution is 0.402. The molecule has 0 bridgehead atoms. The largest absolute Gasteiger partial charge is 0.497 e. The lowest BCUT2D eigenvalue weighted by atomic mass is 10.0. The molecule has 0 saturated carbocycles. The molecule has 0 fully saturated rings. The summed E-state index contributed by atoms with van der Waals surface area (Å²) >= 11 is 0. The standard InChI is InChI=1S/C12H18F2N2O.ClH/c1-17-8-6-9(13)12(10(14)7-8)11(16)4-2-3-5-15;/h6-7,11H,2-5,15-16H2,1H3;1H/t11-;/m1./s1. The van der Waals surface area contributed by atoms with Crippen LogP contribution in [0.4, 0.5) is 8.78 Å². The fourth-order valence-corrected chi connectivity index (χ4v) is 1.69. The summed E-state index contributed by atoms with van der Waals surface area (Å²) in [5, 5.41) is 0. The van der Waals surface area contributed by atoms with E-state index < -0.39 is 17.7 Å². The zero-order valence-electron chi connectivity index (χ0n) is 10.3. The summed E-state index contributed by atoms with van der Waals surface area (Å²) in [5.74, 6) is -1.18. The topological polar surface area (TPSA) is 61.3 Å². The number of nitrogens with two attached hydrogens (primary N) is 2. The van der Waals surface area contributed by atoms with Crippen LogP contribution in [0.15, 0.2) is 12.1 Å². The molecule has 1 atom stereocenters. The van der Waals surface area contributed by atoms with Crippen molar-refractivity contribution in [1.29, 1.82) is 0 Å². The van der Waals surface area contributed by atoms with Crippen LogP contribution in [-0.2, 0) is 0 Å². The van der Waals surface area contributed by atoms with Gasteiger partial charge < -0.3 is 16.2 Å². The van der Waals surface area contributed by atoms with Gasteiger partial charge in [0, 0.05) is 23.7 Å². The average molecular weight is 281 g/mol. The molecule has 1 aromatic carbocycles. The first-order valence-corrected chi connectivity index (χ1v) is 5.58. The number of unbranched alkanes of at least 4 members (excludes halogenated alkanes) is 1. The molecular formula is C12H19ClF2N2O. The van der Waals surface area contributed by atoms with E-state index in [0.717, 1.165) is 25.0 Å². The molecule has 0 aliphatic carbocycles. The molecule has 0 spiro atoms. The third-order valence-corrected chi connectivity index (χ3v) is 2.63. The summed E-state index contributed by atoms with van der Waals surface area (Å²) in [6, 6.07) is 1.63. The molecule has 0 aliphatic heterocycles. The summed E-state index contributed by atoms with van der Waals surface area (Å²) in [5.41, 5.74) is 11.0. The van der Waals surface area contributed by atoms with Crippen molar-refractivity contribution < 1.29 is 13.5 Å². The Labute approximate surface area is 112 Å². The number of benzene rings is 1. The highest BCUT2D eigenvalue weighted by Gasteiger charge is 2.17. The van der Waals surface area contributed by atoms with E-state index in [1.807, 2.05) is 0 Å². The minimum atomic E-state index is -0.665. The van der Waals surface area contributed by atoms with E-state index in [2.05, 4.69) is 0 Å². The van der Waals surface area contributed by atoms with Gasteiger partial charge in [-0.05, 0) is 19.4 Å². The molecule has 0 unspecified atom stereocenters. The summed E-state index contributed by atoms with van der Waals surface area (Å²) in [7, 11) is 1.36. The number of rotatable bonds is 6. The maximum absolute atomic E-state index is 13.6. The Hall–Kier alpha value is -0.910. The molecule has 0 aromatic heterocycles. The van der Waals surface area contributed by atoms with Gasteiger partial charge >= 0.3 is 0 Å². The Morgan fingerprint density at radius 1 is 1.22 bits per heavy atom. The second-order valence-electron chi connectivity index (χ2n) is 3.90. The Morgan fingerprint density at radius 2 is 1.78 bits per heavy atom. The molecule has 0 aliphatic rings. The fraction of sp³-hybridized carbons (Fsp3) is 0.500. The van der Waals surface area contributed by atoms with Gasteiger partial charge in [-0.25, -0.2) is 8.78 Å². The highest BCUT2D eigenvalue weighted by molar-refractivity contribution is 5.85. The van der Waals surface area contributed by atoms with Crippen LogP contribution >= 0.6 is 12.4 Å². The summed E-state index contributed by atoms with van der Waals surface area (Å²) < 4.78 is 32.0. The molecule has 4 N–H and O–H groups in total. The van der Waals surface area contributed by atoms with Gasteiger partial charge in [0.2, 0.25) is 0 Å². The SMILES string of the molecule is COc1cc(F)c([C@H](N)CCCCN)c(F)c1.Cl. The van der Waals surface area contributed by atoms with Gasteiger partial charge in [0.05, 0.1) is 7.11 Å². The van der Waals surface area contributed by atoms with Crippen LogP contribution in [0.1, 0.15) is 30.9 Å². The van der Waals surface area contributed by atoms with E-state index in [-0.39, 0.29) is 23.7 Å². The van der Waals surface area contributed by atoms with Gasteiger partial charge in [0.15, 0.2) is 0 Å². The van der Waals surface area contributed by atoms with E-state index >= 15 is 0 Å². The molecule has 3 nitrogen and oxygen atoms in total.